The number of rotatable bonds is 2. The summed E-state index contributed by atoms with van der Waals surface area (Å²) >= 11 is 0. The van der Waals surface area contributed by atoms with Crippen LogP contribution in [0.4, 0.5) is 5.69 Å². The molecule has 0 aromatic heterocycles. The lowest BCUT2D eigenvalue weighted by Gasteiger charge is -2.32. The van der Waals surface area contributed by atoms with Crippen LogP contribution in [0.25, 0.3) is 0 Å². The second-order valence-corrected chi connectivity index (χ2v) is 5.97. The van der Waals surface area contributed by atoms with Gasteiger partial charge in [0.15, 0.2) is 5.60 Å². The van der Waals surface area contributed by atoms with E-state index in [0.717, 1.165) is 24.9 Å². The molecule has 0 spiro atoms. The maximum Gasteiger partial charge on any atom is 0.268 e. The smallest absolute Gasteiger partial charge is 0.268 e. The highest BCUT2D eigenvalue weighted by atomic mass is 16.5. The lowest BCUT2D eigenvalue weighted by atomic mass is 9.99. The van der Waals surface area contributed by atoms with Gasteiger partial charge in [-0.25, -0.2) is 0 Å². The minimum atomic E-state index is -0.861. The SMILES string of the molecule is CC1(C)Oc2ccc(C(O)C3CCCN3)cc2NC1=O. The first kappa shape index (κ1) is 13.4. The summed E-state index contributed by atoms with van der Waals surface area (Å²) in [6.45, 7) is 4.41. The zero-order chi connectivity index (χ0) is 14.3. The summed E-state index contributed by atoms with van der Waals surface area (Å²) in [5, 5.41) is 16.5. The Morgan fingerprint density at radius 2 is 2.25 bits per heavy atom. The highest BCUT2D eigenvalue weighted by molar-refractivity contribution is 6.00. The number of fused-ring (bicyclic) bond motifs is 1. The van der Waals surface area contributed by atoms with Gasteiger partial charge in [0.2, 0.25) is 0 Å². The molecular weight excluding hydrogens is 256 g/mol. The van der Waals surface area contributed by atoms with Crippen molar-refractivity contribution in [3.05, 3.63) is 23.8 Å². The van der Waals surface area contributed by atoms with Crippen LogP contribution in [0.5, 0.6) is 5.75 Å². The van der Waals surface area contributed by atoms with E-state index in [9.17, 15) is 9.90 Å². The van der Waals surface area contributed by atoms with Gasteiger partial charge in [0, 0.05) is 6.04 Å². The first-order valence-electron chi connectivity index (χ1n) is 7.03. The van der Waals surface area contributed by atoms with Crippen molar-refractivity contribution in [2.75, 3.05) is 11.9 Å². The van der Waals surface area contributed by atoms with Crippen LogP contribution in [0.2, 0.25) is 0 Å². The Morgan fingerprint density at radius 1 is 1.45 bits per heavy atom. The van der Waals surface area contributed by atoms with Gasteiger partial charge in [0.25, 0.3) is 5.91 Å². The van der Waals surface area contributed by atoms with E-state index in [1.165, 1.54) is 0 Å². The Morgan fingerprint density at radius 3 is 2.95 bits per heavy atom. The van der Waals surface area contributed by atoms with Crippen LogP contribution in [0, 0.1) is 0 Å². The normalized spacial score (nSPS) is 25.6. The van der Waals surface area contributed by atoms with Gasteiger partial charge in [-0.3, -0.25) is 4.79 Å². The first-order valence-corrected chi connectivity index (χ1v) is 7.03. The predicted octanol–water partition coefficient (Wildman–Crippen LogP) is 1.58. The maximum absolute atomic E-state index is 11.9. The predicted molar refractivity (Wildman–Crippen MR) is 75.8 cm³/mol. The van der Waals surface area contributed by atoms with E-state index in [2.05, 4.69) is 10.6 Å². The summed E-state index contributed by atoms with van der Waals surface area (Å²) in [7, 11) is 0. The van der Waals surface area contributed by atoms with Crippen molar-refractivity contribution in [2.24, 2.45) is 0 Å². The molecule has 0 saturated carbocycles. The monoisotopic (exact) mass is 276 g/mol. The van der Waals surface area contributed by atoms with Gasteiger partial charge in [0.1, 0.15) is 5.75 Å². The summed E-state index contributed by atoms with van der Waals surface area (Å²) in [6, 6.07) is 5.55. The molecule has 5 nitrogen and oxygen atoms in total. The number of carbonyl (C=O) groups excluding carboxylic acids is 1. The largest absolute Gasteiger partial charge is 0.476 e. The van der Waals surface area contributed by atoms with E-state index >= 15 is 0 Å². The Kier molecular flexibility index (Phi) is 3.18. The quantitative estimate of drug-likeness (QED) is 0.767. The van der Waals surface area contributed by atoms with Crippen LogP contribution in [-0.4, -0.2) is 29.2 Å². The number of carbonyl (C=O) groups is 1. The van der Waals surface area contributed by atoms with Crippen molar-refractivity contribution in [1.29, 1.82) is 0 Å². The van der Waals surface area contributed by atoms with Crippen LogP contribution in [0.3, 0.4) is 0 Å². The maximum atomic E-state index is 11.9. The van der Waals surface area contributed by atoms with E-state index in [4.69, 9.17) is 4.74 Å². The van der Waals surface area contributed by atoms with Gasteiger partial charge < -0.3 is 20.5 Å². The Hall–Kier alpha value is -1.59. The average molecular weight is 276 g/mol. The molecule has 2 atom stereocenters. The van der Waals surface area contributed by atoms with Crippen molar-refractivity contribution < 1.29 is 14.6 Å². The van der Waals surface area contributed by atoms with Crippen molar-refractivity contribution in [2.45, 2.75) is 44.4 Å². The molecule has 1 amide bonds. The molecule has 1 saturated heterocycles. The summed E-state index contributed by atoms with van der Waals surface area (Å²) < 4.78 is 5.68. The number of aliphatic hydroxyl groups excluding tert-OH is 1. The van der Waals surface area contributed by atoms with Crippen LogP contribution in [-0.2, 0) is 4.79 Å². The summed E-state index contributed by atoms with van der Waals surface area (Å²) in [5.41, 5.74) is 0.566. The van der Waals surface area contributed by atoms with Gasteiger partial charge in [-0.15, -0.1) is 0 Å². The Bertz CT molecular complexity index is 536. The third kappa shape index (κ3) is 2.27. The topological polar surface area (TPSA) is 70.6 Å². The van der Waals surface area contributed by atoms with Gasteiger partial charge in [-0.1, -0.05) is 6.07 Å². The molecule has 2 aliphatic rings. The molecule has 0 radical (unpaired) electrons. The van der Waals surface area contributed by atoms with E-state index in [-0.39, 0.29) is 11.9 Å². The summed E-state index contributed by atoms with van der Waals surface area (Å²) in [5.74, 6) is 0.473. The van der Waals surface area contributed by atoms with Crippen molar-refractivity contribution in [1.82, 2.24) is 5.32 Å². The van der Waals surface area contributed by atoms with Gasteiger partial charge in [0.05, 0.1) is 11.8 Å². The highest BCUT2D eigenvalue weighted by Gasteiger charge is 2.35. The fraction of sp³-hybridized carbons (Fsp3) is 0.533. The minimum Gasteiger partial charge on any atom is -0.476 e. The molecule has 2 heterocycles. The van der Waals surface area contributed by atoms with Crippen LogP contribution in [0.15, 0.2) is 18.2 Å². The molecule has 1 aromatic carbocycles. The highest BCUT2D eigenvalue weighted by Crippen LogP contribution is 2.36. The van der Waals surface area contributed by atoms with Crippen LogP contribution in [0.1, 0.15) is 38.4 Å². The molecule has 20 heavy (non-hydrogen) atoms. The summed E-state index contributed by atoms with van der Waals surface area (Å²) in [4.78, 5) is 11.9. The zero-order valence-electron chi connectivity index (χ0n) is 11.8. The van der Waals surface area contributed by atoms with E-state index in [1.54, 1.807) is 19.9 Å². The number of hydrogen-bond donors (Lipinski definition) is 3. The number of benzene rings is 1. The number of aliphatic hydroxyl groups is 1. The Balaban J connectivity index is 1.86. The molecule has 0 aliphatic carbocycles. The summed E-state index contributed by atoms with van der Waals surface area (Å²) in [6.07, 6.45) is 1.49. The first-order chi connectivity index (χ1) is 9.47. The fourth-order valence-electron chi connectivity index (χ4n) is 2.73. The number of ether oxygens (including phenoxy) is 1. The molecule has 2 unspecified atom stereocenters. The molecule has 3 rings (SSSR count). The number of anilines is 1. The fourth-order valence-corrected chi connectivity index (χ4v) is 2.73. The molecule has 0 bridgehead atoms. The van der Waals surface area contributed by atoms with Crippen LogP contribution < -0.4 is 15.4 Å². The third-order valence-corrected chi connectivity index (χ3v) is 3.98. The third-order valence-electron chi connectivity index (χ3n) is 3.98. The minimum absolute atomic E-state index is 0.0877. The molecular formula is C15H20N2O3. The van der Waals surface area contributed by atoms with Crippen molar-refractivity contribution in [3.8, 4) is 5.75 Å². The van der Waals surface area contributed by atoms with Crippen molar-refractivity contribution in [3.63, 3.8) is 0 Å². The van der Waals surface area contributed by atoms with Gasteiger partial charge >= 0.3 is 0 Å². The lowest BCUT2D eigenvalue weighted by Crippen LogP contribution is -2.45. The standard InChI is InChI=1S/C15H20N2O3/c1-15(2)14(19)17-11-8-9(5-6-12(11)20-15)13(18)10-4-3-7-16-10/h5-6,8,10,13,16,18H,3-4,7H2,1-2H3,(H,17,19). The average Bonchev–Trinajstić information content (AvgIpc) is 2.92. The molecule has 2 aliphatic heterocycles. The van der Waals surface area contributed by atoms with E-state index in [0.29, 0.717) is 11.4 Å². The molecule has 3 N–H and O–H groups in total. The number of amides is 1. The zero-order valence-corrected chi connectivity index (χ0v) is 11.8. The van der Waals surface area contributed by atoms with Gasteiger partial charge in [-0.05, 0) is 50.9 Å². The molecule has 5 heteroatoms. The number of hydrogen-bond acceptors (Lipinski definition) is 4. The second kappa shape index (κ2) is 4.75. The molecule has 108 valence electrons. The molecule has 1 aromatic rings. The molecule has 1 fully saturated rings. The van der Waals surface area contributed by atoms with E-state index in [1.807, 2.05) is 12.1 Å². The second-order valence-electron chi connectivity index (χ2n) is 5.97. The van der Waals surface area contributed by atoms with E-state index < -0.39 is 11.7 Å². The lowest BCUT2D eigenvalue weighted by molar-refractivity contribution is -0.129. The van der Waals surface area contributed by atoms with Crippen LogP contribution >= 0.6 is 0 Å². The van der Waals surface area contributed by atoms with Gasteiger partial charge in [-0.2, -0.15) is 0 Å². The Labute approximate surface area is 118 Å². The van der Waals surface area contributed by atoms with Crippen molar-refractivity contribution >= 4 is 11.6 Å². The number of nitrogens with one attached hydrogen (secondary N) is 2.